The normalized spacial score (nSPS) is 14.9. The highest BCUT2D eigenvalue weighted by Gasteiger charge is 2.22. The quantitative estimate of drug-likeness (QED) is 0.560. The summed E-state index contributed by atoms with van der Waals surface area (Å²) in [4.78, 5) is 27.2. The molecule has 0 atom stereocenters. The number of amides is 1. The Bertz CT molecular complexity index is 861. The van der Waals surface area contributed by atoms with Crippen molar-refractivity contribution in [1.29, 1.82) is 0 Å². The fourth-order valence-electron chi connectivity index (χ4n) is 4.28. The van der Waals surface area contributed by atoms with Crippen molar-refractivity contribution in [2.24, 2.45) is 0 Å². The Kier molecular flexibility index (Phi) is 8.27. The van der Waals surface area contributed by atoms with Crippen molar-refractivity contribution in [1.82, 2.24) is 14.7 Å². The molecule has 1 saturated heterocycles. The molecule has 1 aromatic carbocycles. The molecule has 0 spiro atoms. The van der Waals surface area contributed by atoms with E-state index in [-0.39, 0.29) is 11.8 Å². The number of hydrogen-bond acceptors (Lipinski definition) is 4. The summed E-state index contributed by atoms with van der Waals surface area (Å²) in [5.74, 6) is -0.0169. The molecule has 168 valence electrons. The molecule has 1 aromatic heterocycles. The second kappa shape index (κ2) is 11.1. The molecule has 0 N–H and O–H groups in total. The number of rotatable bonds is 7. The number of ether oxygens (including phenoxy) is 1. The number of hydrogen-bond donors (Lipinski definition) is 0. The van der Waals surface area contributed by atoms with E-state index in [1.54, 1.807) is 6.92 Å². The van der Waals surface area contributed by atoms with E-state index in [1.807, 2.05) is 39.9 Å². The molecule has 0 saturated carbocycles. The van der Waals surface area contributed by atoms with Gasteiger partial charge in [-0.1, -0.05) is 33.1 Å². The number of nitrogens with zero attached hydrogens (tertiary/aromatic N) is 3. The summed E-state index contributed by atoms with van der Waals surface area (Å²) in [6.45, 7) is 8.06. The first-order valence-corrected chi connectivity index (χ1v) is 11.8. The van der Waals surface area contributed by atoms with Gasteiger partial charge in [0.05, 0.1) is 12.3 Å². The van der Waals surface area contributed by atoms with Gasteiger partial charge in [-0.15, -0.1) is 0 Å². The molecule has 6 nitrogen and oxygen atoms in total. The van der Waals surface area contributed by atoms with E-state index in [2.05, 4.69) is 18.9 Å². The van der Waals surface area contributed by atoms with Crippen molar-refractivity contribution in [3.8, 4) is 5.69 Å². The maximum Gasteiger partial charge on any atom is 0.358 e. The van der Waals surface area contributed by atoms with Gasteiger partial charge in [0.15, 0.2) is 5.69 Å². The smallest absolute Gasteiger partial charge is 0.358 e. The predicted molar refractivity (Wildman–Crippen MR) is 122 cm³/mol. The fourth-order valence-corrected chi connectivity index (χ4v) is 4.28. The van der Waals surface area contributed by atoms with Crippen LogP contribution in [-0.2, 0) is 4.74 Å². The molecule has 0 aliphatic carbocycles. The largest absolute Gasteiger partial charge is 0.461 e. The third-order valence-corrected chi connectivity index (χ3v) is 6.13. The number of carbonyl (C=O) groups is 2. The molecule has 1 aliphatic heterocycles. The van der Waals surface area contributed by atoms with Crippen molar-refractivity contribution in [3.05, 3.63) is 47.3 Å². The van der Waals surface area contributed by atoms with E-state index < -0.39 is 5.97 Å². The van der Waals surface area contributed by atoms with Crippen molar-refractivity contribution in [2.45, 2.75) is 71.6 Å². The van der Waals surface area contributed by atoms with E-state index in [0.29, 0.717) is 17.9 Å². The minimum atomic E-state index is -0.405. The van der Waals surface area contributed by atoms with Gasteiger partial charge in [0.1, 0.15) is 0 Å². The summed E-state index contributed by atoms with van der Waals surface area (Å²) in [6.07, 6.45) is 7.73. The van der Waals surface area contributed by atoms with Crippen LogP contribution in [0.2, 0.25) is 0 Å². The Balaban J connectivity index is 1.86. The van der Waals surface area contributed by atoms with E-state index in [1.165, 1.54) is 19.3 Å². The lowest BCUT2D eigenvalue weighted by molar-refractivity contribution is 0.0518. The molecular formula is C25H35N3O3. The standard InChI is InChI=1S/C25H35N3O3/c1-4-19(5-2)23-18-22(25(30)31-6-3)26-28(23)21-14-12-20(13-15-21)24(29)27-16-10-8-7-9-11-17-27/h12-15,18-19H,4-11,16-17H2,1-3H3. The van der Waals surface area contributed by atoms with Gasteiger partial charge < -0.3 is 9.64 Å². The molecule has 1 amide bonds. The van der Waals surface area contributed by atoms with Crippen LogP contribution in [0.15, 0.2) is 30.3 Å². The lowest BCUT2D eigenvalue weighted by Crippen LogP contribution is -2.33. The van der Waals surface area contributed by atoms with Crippen LogP contribution in [0.25, 0.3) is 5.69 Å². The Morgan fingerprint density at radius 2 is 1.58 bits per heavy atom. The van der Waals surface area contributed by atoms with E-state index in [4.69, 9.17) is 4.74 Å². The van der Waals surface area contributed by atoms with E-state index in [9.17, 15) is 9.59 Å². The second-order valence-electron chi connectivity index (χ2n) is 8.21. The van der Waals surface area contributed by atoms with Crippen molar-refractivity contribution >= 4 is 11.9 Å². The van der Waals surface area contributed by atoms with Crippen LogP contribution in [0.1, 0.15) is 98.2 Å². The van der Waals surface area contributed by atoms with Gasteiger partial charge in [-0.05, 0) is 62.9 Å². The molecule has 2 heterocycles. The van der Waals surface area contributed by atoms with Crippen LogP contribution in [-0.4, -0.2) is 46.3 Å². The van der Waals surface area contributed by atoms with Crippen LogP contribution in [0, 0.1) is 0 Å². The monoisotopic (exact) mass is 425 g/mol. The average molecular weight is 426 g/mol. The zero-order valence-electron chi connectivity index (χ0n) is 19.1. The molecule has 3 rings (SSSR count). The zero-order valence-corrected chi connectivity index (χ0v) is 19.1. The third kappa shape index (κ3) is 5.54. The Morgan fingerprint density at radius 1 is 0.968 bits per heavy atom. The molecule has 6 heteroatoms. The highest BCUT2D eigenvalue weighted by atomic mass is 16.5. The molecule has 2 aromatic rings. The highest BCUT2D eigenvalue weighted by molar-refractivity contribution is 5.94. The molecular weight excluding hydrogens is 390 g/mol. The van der Waals surface area contributed by atoms with Crippen molar-refractivity contribution in [3.63, 3.8) is 0 Å². The maximum absolute atomic E-state index is 13.0. The van der Waals surface area contributed by atoms with Gasteiger partial charge in [-0.3, -0.25) is 4.79 Å². The van der Waals surface area contributed by atoms with Crippen LogP contribution < -0.4 is 0 Å². The highest BCUT2D eigenvalue weighted by Crippen LogP contribution is 2.27. The summed E-state index contributed by atoms with van der Waals surface area (Å²) in [7, 11) is 0. The van der Waals surface area contributed by atoms with Gasteiger partial charge in [-0.25, -0.2) is 9.48 Å². The molecule has 1 fully saturated rings. The van der Waals surface area contributed by atoms with Gasteiger partial charge in [0.2, 0.25) is 0 Å². The third-order valence-electron chi connectivity index (χ3n) is 6.13. The summed E-state index contributed by atoms with van der Waals surface area (Å²) >= 11 is 0. The van der Waals surface area contributed by atoms with Gasteiger partial charge in [-0.2, -0.15) is 5.10 Å². The Morgan fingerprint density at radius 3 is 2.16 bits per heavy atom. The first-order chi connectivity index (χ1) is 15.1. The van der Waals surface area contributed by atoms with Crippen LogP contribution >= 0.6 is 0 Å². The van der Waals surface area contributed by atoms with Gasteiger partial charge >= 0.3 is 5.97 Å². The zero-order chi connectivity index (χ0) is 22.2. The molecule has 0 bridgehead atoms. The predicted octanol–water partition coefficient (Wildman–Crippen LogP) is 5.36. The molecule has 0 unspecified atom stereocenters. The fraction of sp³-hybridized carbons (Fsp3) is 0.560. The summed E-state index contributed by atoms with van der Waals surface area (Å²) < 4.78 is 6.98. The Hall–Kier alpha value is -2.63. The van der Waals surface area contributed by atoms with Crippen molar-refractivity contribution < 1.29 is 14.3 Å². The summed E-state index contributed by atoms with van der Waals surface area (Å²) in [6, 6.07) is 9.43. The minimum absolute atomic E-state index is 0.0985. The lowest BCUT2D eigenvalue weighted by Gasteiger charge is -2.25. The minimum Gasteiger partial charge on any atom is -0.461 e. The number of esters is 1. The van der Waals surface area contributed by atoms with E-state index in [0.717, 1.165) is 50.2 Å². The van der Waals surface area contributed by atoms with E-state index >= 15 is 0 Å². The number of likely N-dealkylation sites (tertiary alicyclic amines) is 1. The van der Waals surface area contributed by atoms with Gasteiger partial charge in [0, 0.05) is 30.3 Å². The SMILES string of the molecule is CCOC(=O)c1cc(C(CC)CC)n(-c2ccc(C(=O)N3CCCCCCC3)cc2)n1. The number of aromatic nitrogens is 2. The van der Waals surface area contributed by atoms with Gasteiger partial charge in [0.25, 0.3) is 5.91 Å². The Labute approximate surface area is 185 Å². The second-order valence-corrected chi connectivity index (χ2v) is 8.21. The molecule has 0 radical (unpaired) electrons. The lowest BCUT2D eigenvalue weighted by atomic mass is 9.99. The van der Waals surface area contributed by atoms with Crippen LogP contribution in [0.3, 0.4) is 0 Å². The van der Waals surface area contributed by atoms with Crippen LogP contribution in [0.4, 0.5) is 0 Å². The van der Waals surface area contributed by atoms with Crippen molar-refractivity contribution in [2.75, 3.05) is 19.7 Å². The van der Waals surface area contributed by atoms with Crippen LogP contribution in [0.5, 0.6) is 0 Å². The summed E-state index contributed by atoms with van der Waals surface area (Å²) in [5, 5.41) is 4.55. The number of carbonyl (C=O) groups excluding carboxylic acids is 2. The first-order valence-electron chi connectivity index (χ1n) is 11.8. The topological polar surface area (TPSA) is 64.4 Å². The molecule has 31 heavy (non-hydrogen) atoms. The number of benzene rings is 1. The average Bonchev–Trinajstić information content (AvgIpc) is 3.20. The first kappa shape index (κ1) is 23.0. The molecule has 1 aliphatic rings. The summed E-state index contributed by atoms with van der Waals surface area (Å²) in [5.41, 5.74) is 2.87. The maximum atomic E-state index is 13.0.